The number of halogens is 1. The third-order valence-electron chi connectivity index (χ3n) is 3.31. The van der Waals surface area contributed by atoms with Crippen LogP contribution in [-0.2, 0) is 0 Å². The molecule has 0 saturated heterocycles. The van der Waals surface area contributed by atoms with Gasteiger partial charge in [-0.15, -0.1) is 0 Å². The van der Waals surface area contributed by atoms with Crippen LogP contribution >= 0.6 is 0 Å². The van der Waals surface area contributed by atoms with Crippen LogP contribution in [0.25, 0.3) is 0 Å². The first-order chi connectivity index (χ1) is 8.95. The van der Waals surface area contributed by atoms with Gasteiger partial charge in [0.15, 0.2) is 0 Å². The molecule has 0 bridgehead atoms. The minimum atomic E-state index is -1.01. The monoisotopic (exact) mass is 267 g/mol. The van der Waals surface area contributed by atoms with E-state index in [1.807, 2.05) is 13.8 Å². The lowest BCUT2D eigenvalue weighted by molar-refractivity contribution is 0.0832. The van der Waals surface area contributed by atoms with Crippen LogP contribution in [0.3, 0.4) is 0 Å². The summed E-state index contributed by atoms with van der Waals surface area (Å²) in [4.78, 5) is 10.4. The van der Waals surface area contributed by atoms with E-state index in [-0.39, 0.29) is 23.9 Å². The highest BCUT2D eigenvalue weighted by Crippen LogP contribution is 2.29. The molecular formula is C14H18FNO3. The molecule has 1 aromatic carbocycles. The van der Waals surface area contributed by atoms with Crippen molar-refractivity contribution >= 4 is 6.09 Å². The molecule has 1 aliphatic carbocycles. The molecule has 1 aliphatic rings. The van der Waals surface area contributed by atoms with Crippen molar-refractivity contribution in [3.8, 4) is 5.75 Å². The molecule has 0 aromatic heterocycles. The van der Waals surface area contributed by atoms with Gasteiger partial charge in [-0.1, -0.05) is 13.8 Å². The van der Waals surface area contributed by atoms with Crippen LogP contribution in [0.4, 0.5) is 9.18 Å². The van der Waals surface area contributed by atoms with Crippen LogP contribution in [0.1, 0.15) is 38.2 Å². The summed E-state index contributed by atoms with van der Waals surface area (Å²) in [6.45, 7) is 3.86. The van der Waals surface area contributed by atoms with Crippen LogP contribution in [-0.4, -0.2) is 23.3 Å². The first-order valence-corrected chi connectivity index (χ1v) is 6.41. The number of rotatable bonds is 4. The number of carboxylic acid groups (broad SMARTS) is 1. The molecule has 2 N–H and O–H groups in total. The Hall–Kier alpha value is -1.78. The Morgan fingerprint density at radius 3 is 2.74 bits per heavy atom. The second kappa shape index (κ2) is 5.47. The number of nitrogens with one attached hydrogen (secondary N) is 1. The summed E-state index contributed by atoms with van der Waals surface area (Å²) in [5, 5.41) is 11.0. The standard InChI is InChI=1S/C14H18FNO3/c1-8(2)12-7-10(3-4-13(12)15)19-11-5-9(6-11)16-14(17)18/h3-4,7-9,11,16H,5-6H2,1-2H3,(H,17,18)/t9-,11-. The van der Waals surface area contributed by atoms with Crippen molar-refractivity contribution < 1.29 is 19.0 Å². The smallest absolute Gasteiger partial charge is 0.404 e. The predicted molar refractivity (Wildman–Crippen MR) is 69.1 cm³/mol. The van der Waals surface area contributed by atoms with Crippen molar-refractivity contribution in [1.29, 1.82) is 0 Å². The van der Waals surface area contributed by atoms with E-state index in [0.717, 1.165) is 0 Å². The maximum atomic E-state index is 13.5. The number of hydrogen-bond acceptors (Lipinski definition) is 2. The summed E-state index contributed by atoms with van der Waals surface area (Å²) >= 11 is 0. The molecule has 5 heteroatoms. The molecule has 2 rings (SSSR count). The molecule has 104 valence electrons. The van der Waals surface area contributed by atoms with Gasteiger partial charge in [0.2, 0.25) is 0 Å². The lowest BCUT2D eigenvalue weighted by Gasteiger charge is -2.35. The van der Waals surface area contributed by atoms with E-state index in [2.05, 4.69) is 5.32 Å². The fourth-order valence-electron chi connectivity index (χ4n) is 2.18. The molecule has 0 aliphatic heterocycles. The average molecular weight is 267 g/mol. The van der Waals surface area contributed by atoms with Gasteiger partial charge in [0.05, 0.1) is 0 Å². The van der Waals surface area contributed by atoms with Crippen LogP contribution in [0.2, 0.25) is 0 Å². The zero-order valence-corrected chi connectivity index (χ0v) is 11.0. The predicted octanol–water partition coefficient (Wildman–Crippen LogP) is 3.13. The molecule has 1 fully saturated rings. The van der Waals surface area contributed by atoms with Crippen LogP contribution < -0.4 is 10.1 Å². The Bertz CT molecular complexity index is 470. The zero-order chi connectivity index (χ0) is 14.0. The van der Waals surface area contributed by atoms with Gasteiger partial charge in [0.1, 0.15) is 17.7 Å². The van der Waals surface area contributed by atoms with Gasteiger partial charge in [0.25, 0.3) is 0 Å². The Morgan fingerprint density at radius 1 is 1.47 bits per heavy atom. The van der Waals surface area contributed by atoms with E-state index in [4.69, 9.17) is 9.84 Å². The fourth-order valence-corrected chi connectivity index (χ4v) is 2.18. The number of hydrogen-bond donors (Lipinski definition) is 2. The number of amides is 1. The molecule has 0 unspecified atom stereocenters. The van der Waals surface area contributed by atoms with Crippen molar-refractivity contribution in [2.45, 2.75) is 44.8 Å². The minimum absolute atomic E-state index is 0.00215. The second-order valence-corrected chi connectivity index (χ2v) is 5.20. The molecule has 0 radical (unpaired) electrons. The van der Waals surface area contributed by atoms with Gasteiger partial charge in [-0.3, -0.25) is 0 Å². The molecule has 1 amide bonds. The average Bonchev–Trinajstić information content (AvgIpc) is 2.27. The van der Waals surface area contributed by atoms with Crippen LogP contribution in [0.15, 0.2) is 18.2 Å². The van der Waals surface area contributed by atoms with Gasteiger partial charge in [-0.05, 0) is 29.7 Å². The third-order valence-corrected chi connectivity index (χ3v) is 3.31. The third kappa shape index (κ3) is 3.36. The highest BCUT2D eigenvalue weighted by Gasteiger charge is 2.32. The SMILES string of the molecule is CC(C)c1cc(O[C@H]2C[C@H](NC(=O)O)C2)ccc1F. The van der Waals surface area contributed by atoms with Gasteiger partial charge in [0, 0.05) is 18.9 Å². The molecule has 4 nitrogen and oxygen atoms in total. The first-order valence-electron chi connectivity index (χ1n) is 6.41. The lowest BCUT2D eigenvalue weighted by Crippen LogP contribution is -2.48. The molecule has 1 saturated carbocycles. The lowest BCUT2D eigenvalue weighted by atomic mass is 9.89. The van der Waals surface area contributed by atoms with Crippen molar-refractivity contribution in [2.75, 3.05) is 0 Å². The summed E-state index contributed by atoms with van der Waals surface area (Å²) in [5.41, 5.74) is 0.636. The second-order valence-electron chi connectivity index (χ2n) is 5.20. The van der Waals surface area contributed by atoms with E-state index < -0.39 is 6.09 Å². The molecule has 0 atom stereocenters. The van der Waals surface area contributed by atoms with Gasteiger partial charge in [-0.2, -0.15) is 0 Å². The quantitative estimate of drug-likeness (QED) is 0.881. The molecule has 0 heterocycles. The summed E-state index contributed by atoms with van der Waals surface area (Å²) in [5.74, 6) is 0.525. The van der Waals surface area contributed by atoms with Gasteiger partial charge >= 0.3 is 6.09 Å². The first kappa shape index (κ1) is 13.6. The number of carbonyl (C=O) groups is 1. The summed E-state index contributed by atoms with van der Waals surface area (Å²) in [6.07, 6.45) is 0.302. The van der Waals surface area contributed by atoms with Crippen molar-refractivity contribution in [3.63, 3.8) is 0 Å². The highest BCUT2D eigenvalue weighted by molar-refractivity contribution is 5.65. The van der Waals surface area contributed by atoms with Crippen molar-refractivity contribution in [1.82, 2.24) is 5.32 Å². The van der Waals surface area contributed by atoms with Crippen LogP contribution in [0, 0.1) is 5.82 Å². The van der Waals surface area contributed by atoms with E-state index in [1.165, 1.54) is 6.07 Å². The molecule has 1 aromatic rings. The largest absolute Gasteiger partial charge is 0.490 e. The Labute approximate surface area is 111 Å². The summed E-state index contributed by atoms with van der Waals surface area (Å²) < 4.78 is 19.2. The normalized spacial score (nSPS) is 21.9. The summed E-state index contributed by atoms with van der Waals surface area (Å²) in [6, 6.07) is 4.71. The fraction of sp³-hybridized carbons (Fsp3) is 0.500. The highest BCUT2D eigenvalue weighted by atomic mass is 19.1. The van der Waals surface area contributed by atoms with Crippen molar-refractivity contribution in [3.05, 3.63) is 29.6 Å². The maximum absolute atomic E-state index is 13.5. The maximum Gasteiger partial charge on any atom is 0.404 e. The van der Waals surface area contributed by atoms with Gasteiger partial charge < -0.3 is 15.2 Å². The number of benzene rings is 1. The molecule has 0 spiro atoms. The van der Waals surface area contributed by atoms with Gasteiger partial charge in [-0.25, -0.2) is 9.18 Å². The Balaban J connectivity index is 1.91. The zero-order valence-electron chi connectivity index (χ0n) is 11.0. The molecule has 19 heavy (non-hydrogen) atoms. The van der Waals surface area contributed by atoms with E-state index in [0.29, 0.717) is 24.2 Å². The van der Waals surface area contributed by atoms with E-state index in [9.17, 15) is 9.18 Å². The van der Waals surface area contributed by atoms with E-state index >= 15 is 0 Å². The van der Waals surface area contributed by atoms with E-state index in [1.54, 1.807) is 12.1 Å². The van der Waals surface area contributed by atoms with Crippen LogP contribution in [0.5, 0.6) is 5.75 Å². The Morgan fingerprint density at radius 2 is 2.16 bits per heavy atom. The van der Waals surface area contributed by atoms with Crippen molar-refractivity contribution in [2.24, 2.45) is 0 Å². The summed E-state index contributed by atoms with van der Waals surface area (Å²) in [7, 11) is 0. The topological polar surface area (TPSA) is 58.6 Å². The molecular weight excluding hydrogens is 249 g/mol. The minimum Gasteiger partial charge on any atom is -0.490 e. The number of ether oxygens (including phenoxy) is 1. The Kier molecular flexibility index (Phi) is 3.93.